The lowest BCUT2D eigenvalue weighted by Crippen LogP contribution is -2.55. The molecule has 1 unspecified atom stereocenters. The number of benzene rings is 1. The van der Waals surface area contributed by atoms with Crippen molar-refractivity contribution in [1.82, 2.24) is 5.32 Å². The van der Waals surface area contributed by atoms with Crippen molar-refractivity contribution in [2.75, 3.05) is 33.1 Å². The summed E-state index contributed by atoms with van der Waals surface area (Å²) >= 11 is 1.76. The van der Waals surface area contributed by atoms with Crippen LogP contribution in [0, 0.1) is 5.41 Å². The minimum Gasteiger partial charge on any atom is -0.380 e. The Morgan fingerprint density at radius 2 is 2.06 bits per heavy atom. The molecule has 1 aliphatic heterocycles. The molecular formula is C13H20N2OS. The molecule has 0 aliphatic carbocycles. The molecule has 1 atom stereocenters. The standard InChI is InChI=1S/C13H20N2OS/c1-15-12(13(7-14)8-16-9-13)10-3-5-11(17-2)6-4-10/h3-6,12,15H,7-9,14H2,1-2H3. The monoisotopic (exact) mass is 252 g/mol. The lowest BCUT2D eigenvalue weighted by Gasteiger charge is -2.46. The first-order valence-electron chi connectivity index (χ1n) is 5.85. The molecule has 1 heterocycles. The summed E-state index contributed by atoms with van der Waals surface area (Å²) in [6.07, 6.45) is 2.09. The molecule has 0 bridgehead atoms. The first kappa shape index (κ1) is 12.9. The molecule has 3 nitrogen and oxygen atoms in total. The Kier molecular flexibility index (Phi) is 4.09. The molecule has 1 saturated heterocycles. The highest BCUT2D eigenvalue weighted by atomic mass is 32.2. The summed E-state index contributed by atoms with van der Waals surface area (Å²) in [5, 5.41) is 3.38. The van der Waals surface area contributed by atoms with Gasteiger partial charge in [-0.1, -0.05) is 12.1 Å². The Morgan fingerprint density at radius 3 is 2.41 bits per heavy atom. The van der Waals surface area contributed by atoms with Gasteiger partial charge in [0.15, 0.2) is 0 Å². The highest BCUT2D eigenvalue weighted by Crippen LogP contribution is 2.39. The number of nitrogens with two attached hydrogens (primary N) is 1. The average Bonchev–Trinajstić information content (AvgIpc) is 2.34. The smallest absolute Gasteiger partial charge is 0.0575 e. The molecule has 4 heteroatoms. The van der Waals surface area contributed by atoms with Crippen LogP contribution in [0.1, 0.15) is 11.6 Å². The van der Waals surface area contributed by atoms with E-state index in [2.05, 4.69) is 35.8 Å². The van der Waals surface area contributed by atoms with Crippen molar-refractivity contribution in [3.05, 3.63) is 29.8 Å². The van der Waals surface area contributed by atoms with Gasteiger partial charge in [0.1, 0.15) is 0 Å². The quantitative estimate of drug-likeness (QED) is 0.782. The van der Waals surface area contributed by atoms with Crippen molar-refractivity contribution in [2.24, 2.45) is 11.1 Å². The summed E-state index contributed by atoms with van der Waals surface area (Å²) in [6.45, 7) is 2.15. The Bertz CT molecular complexity index is 357. The van der Waals surface area contributed by atoms with Crippen molar-refractivity contribution in [3.63, 3.8) is 0 Å². The number of rotatable bonds is 5. The van der Waals surface area contributed by atoms with Crippen LogP contribution in [0.4, 0.5) is 0 Å². The second-order valence-corrected chi connectivity index (χ2v) is 5.43. The number of hydrogen-bond donors (Lipinski definition) is 2. The van der Waals surface area contributed by atoms with Crippen molar-refractivity contribution in [2.45, 2.75) is 10.9 Å². The molecule has 0 amide bonds. The zero-order chi connectivity index (χ0) is 12.3. The van der Waals surface area contributed by atoms with E-state index in [0.29, 0.717) is 6.54 Å². The van der Waals surface area contributed by atoms with Gasteiger partial charge in [0, 0.05) is 22.9 Å². The molecule has 17 heavy (non-hydrogen) atoms. The lowest BCUT2D eigenvalue weighted by molar-refractivity contribution is -0.126. The van der Waals surface area contributed by atoms with Gasteiger partial charge in [-0.15, -0.1) is 11.8 Å². The molecule has 1 aliphatic rings. The van der Waals surface area contributed by atoms with E-state index in [9.17, 15) is 0 Å². The summed E-state index contributed by atoms with van der Waals surface area (Å²) in [7, 11) is 1.99. The first-order valence-corrected chi connectivity index (χ1v) is 7.07. The topological polar surface area (TPSA) is 47.3 Å². The van der Waals surface area contributed by atoms with Crippen LogP contribution < -0.4 is 11.1 Å². The molecular weight excluding hydrogens is 232 g/mol. The Morgan fingerprint density at radius 1 is 1.41 bits per heavy atom. The van der Waals surface area contributed by atoms with Gasteiger partial charge < -0.3 is 15.8 Å². The van der Waals surface area contributed by atoms with E-state index < -0.39 is 0 Å². The number of thioether (sulfide) groups is 1. The van der Waals surface area contributed by atoms with Crippen LogP contribution in [0.15, 0.2) is 29.2 Å². The van der Waals surface area contributed by atoms with Crippen LogP contribution in [-0.4, -0.2) is 33.1 Å². The molecule has 0 aromatic heterocycles. The fourth-order valence-corrected chi connectivity index (χ4v) is 2.80. The summed E-state index contributed by atoms with van der Waals surface area (Å²) in [5.74, 6) is 0. The maximum Gasteiger partial charge on any atom is 0.0575 e. The molecule has 0 spiro atoms. The van der Waals surface area contributed by atoms with Crippen molar-refractivity contribution in [1.29, 1.82) is 0 Å². The van der Waals surface area contributed by atoms with Gasteiger partial charge in [-0.3, -0.25) is 0 Å². The minimum absolute atomic E-state index is 0.0651. The SMILES string of the molecule is CNC(c1ccc(SC)cc1)C1(CN)COC1. The summed E-state index contributed by atoms with van der Waals surface area (Å²) < 4.78 is 5.35. The summed E-state index contributed by atoms with van der Waals surface area (Å²) in [5.41, 5.74) is 7.27. The summed E-state index contributed by atoms with van der Waals surface area (Å²) in [6, 6.07) is 8.96. The normalized spacial score (nSPS) is 19.7. The van der Waals surface area contributed by atoms with Gasteiger partial charge >= 0.3 is 0 Å². The highest BCUT2D eigenvalue weighted by molar-refractivity contribution is 7.98. The predicted molar refractivity (Wildman–Crippen MR) is 72.3 cm³/mol. The fourth-order valence-electron chi connectivity index (χ4n) is 2.39. The predicted octanol–water partition coefficient (Wildman–Crippen LogP) is 1.64. The summed E-state index contributed by atoms with van der Waals surface area (Å²) in [4.78, 5) is 1.29. The largest absolute Gasteiger partial charge is 0.380 e. The van der Waals surface area contributed by atoms with Gasteiger partial charge in [-0.05, 0) is 31.0 Å². The second-order valence-electron chi connectivity index (χ2n) is 4.55. The van der Waals surface area contributed by atoms with Gasteiger partial charge in [0.2, 0.25) is 0 Å². The lowest BCUT2D eigenvalue weighted by atomic mass is 9.75. The van der Waals surface area contributed by atoms with Crippen LogP contribution in [0.2, 0.25) is 0 Å². The fraction of sp³-hybridized carbons (Fsp3) is 0.538. The molecule has 1 aromatic carbocycles. The van der Waals surface area contributed by atoms with Crippen molar-refractivity contribution >= 4 is 11.8 Å². The zero-order valence-corrected chi connectivity index (χ0v) is 11.2. The maximum atomic E-state index is 5.91. The molecule has 2 rings (SSSR count). The molecule has 0 saturated carbocycles. The van der Waals surface area contributed by atoms with Crippen LogP contribution in [-0.2, 0) is 4.74 Å². The van der Waals surface area contributed by atoms with Crippen LogP contribution in [0.3, 0.4) is 0 Å². The van der Waals surface area contributed by atoms with Crippen molar-refractivity contribution in [3.8, 4) is 0 Å². The number of ether oxygens (including phenoxy) is 1. The Balaban J connectivity index is 2.22. The second kappa shape index (κ2) is 5.40. The molecule has 3 N–H and O–H groups in total. The van der Waals surface area contributed by atoms with Gasteiger partial charge in [0.25, 0.3) is 0 Å². The van der Waals surface area contributed by atoms with E-state index in [4.69, 9.17) is 10.5 Å². The van der Waals surface area contributed by atoms with E-state index in [1.54, 1.807) is 11.8 Å². The van der Waals surface area contributed by atoms with Crippen LogP contribution >= 0.6 is 11.8 Å². The molecule has 1 aromatic rings. The molecule has 1 fully saturated rings. The highest BCUT2D eigenvalue weighted by Gasteiger charge is 2.44. The van der Waals surface area contributed by atoms with E-state index in [1.165, 1.54) is 10.5 Å². The van der Waals surface area contributed by atoms with Crippen molar-refractivity contribution < 1.29 is 4.74 Å². The third-order valence-corrected chi connectivity index (χ3v) is 4.28. The number of hydrogen-bond acceptors (Lipinski definition) is 4. The third kappa shape index (κ3) is 2.36. The van der Waals surface area contributed by atoms with Crippen LogP contribution in [0.25, 0.3) is 0 Å². The van der Waals surface area contributed by atoms with E-state index >= 15 is 0 Å². The van der Waals surface area contributed by atoms with Gasteiger partial charge in [0.05, 0.1) is 13.2 Å². The first-order chi connectivity index (χ1) is 8.25. The van der Waals surface area contributed by atoms with E-state index in [0.717, 1.165) is 13.2 Å². The minimum atomic E-state index is 0.0651. The Hall–Kier alpha value is -0.550. The molecule has 0 radical (unpaired) electrons. The third-order valence-electron chi connectivity index (χ3n) is 3.54. The Labute approximate surface area is 107 Å². The van der Waals surface area contributed by atoms with E-state index in [1.807, 2.05) is 7.05 Å². The van der Waals surface area contributed by atoms with Gasteiger partial charge in [-0.25, -0.2) is 0 Å². The molecule has 94 valence electrons. The zero-order valence-electron chi connectivity index (χ0n) is 10.4. The number of nitrogens with one attached hydrogen (secondary N) is 1. The van der Waals surface area contributed by atoms with Crippen LogP contribution in [0.5, 0.6) is 0 Å². The average molecular weight is 252 g/mol. The van der Waals surface area contributed by atoms with Gasteiger partial charge in [-0.2, -0.15) is 0 Å². The maximum absolute atomic E-state index is 5.91. The van der Waals surface area contributed by atoms with E-state index in [-0.39, 0.29) is 11.5 Å².